The molecule has 2 rings (SSSR count). The van der Waals surface area contributed by atoms with Gasteiger partial charge in [0.15, 0.2) is 0 Å². The summed E-state index contributed by atoms with van der Waals surface area (Å²) in [6.45, 7) is 10.2. The summed E-state index contributed by atoms with van der Waals surface area (Å²) in [5, 5.41) is 0.532. The van der Waals surface area contributed by atoms with E-state index in [0.29, 0.717) is 12.1 Å². The van der Waals surface area contributed by atoms with E-state index in [1.807, 2.05) is 13.0 Å². The molecule has 0 radical (unpaired) electrons. The molecule has 1 aliphatic heterocycles. The number of allylic oxidation sites excluding steroid dienone is 1. The molecule has 6 heteroatoms. The number of methoxy groups -OCH3 is 1. The second-order valence-electron chi connectivity index (χ2n) is 5.99. The number of hydrogen-bond donors (Lipinski definition) is 0. The minimum absolute atomic E-state index is 0.0529. The zero-order chi connectivity index (χ0) is 19.4. The van der Waals surface area contributed by atoms with Crippen LogP contribution in [0.25, 0.3) is 0 Å². The molecule has 0 bridgehead atoms. The first-order valence-electron chi connectivity index (χ1n) is 8.17. The minimum Gasteiger partial charge on any atom is -0.465 e. The smallest absolute Gasteiger partial charge is 0.337 e. The molecule has 0 aliphatic carbocycles. The highest BCUT2D eigenvalue weighted by atomic mass is 35.5. The molecule has 26 heavy (non-hydrogen) atoms. The van der Waals surface area contributed by atoms with Gasteiger partial charge in [-0.05, 0) is 42.2 Å². The van der Waals surface area contributed by atoms with Gasteiger partial charge in [-0.1, -0.05) is 48.5 Å². The lowest BCUT2D eigenvalue weighted by Crippen LogP contribution is -2.44. The number of ether oxygens (including phenoxy) is 1. The Hall–Kier alpha value is -2.04. The normalized spacial score (nSPS) is 17.1. The Labute approximate surface area is 163 Å². The lowest BCUT2D eigenvalue weighted by atomic mass is 9.93. The van der Waals surface area contributed by atoms with Gasteiger partial charge in [-0.3, -0.25) is 4.79 Å². The molecule has 4 nitrogen and oxygen atoms in total. The van der Waals surface area contributed by atoms with E-state index in [2.05, 4.69) is 17.9 Å². The number of hydrogen-bond acceptors (Lipinski definition) is 3. The van der Waals surface area contributed by atoms with Crippen molar-refractivity contribution in [2.24, 2.45) is 0 Å². The molecule has 1 heterocycles. The fraction of sp³-hybridized carbons (Fsp3) is 0.300. The number of carbonyl (C=O) groups excluding carboxylic acids is 2. The van der Waals surface area contributed by atoms with Crippen LogP contribution in [0.4, 0.5) is 0 Å². The van der Waals surface area contributed by atoms with Crippen molar-refractivity contribution in [1.29, 1.82) is 0 Å². The number of esters is 1. The molecule has 0 saturated heterocycles. The van der Waals surface area contributed by atoms with E-state index < -0.39 is 5.97 Å². The molecule has 1 unspecified atom stereocenters. The third kappa shape index (κ3) is 4.02. The first kappa shape index (κ1) is 20.3. The fourth-order valence-corrected chi connectivity index (χ4v) is 3.76. The van der Waals surface area contributed by atoms with Gasteiger partial charge < -0.3 is 9.64 Å². The van der Waals surface area contributed by atoms with Crippen molar-refractivity contribution < 1.29 is 14.3 Å². The van der Waals surface area contributed by atoms with Crippen molar-refractivity contribution >= 4 is 35.1 Å². The first-order valence-corrected chi connectivity index (χ1v) is 8.93. The van der Waals surface area contributed by atoms with Gasteiger partial charge >= 0.3 is 5.97 Å². The Kier molecular flexibility index (Phi) is 6.68. The van der Waals surface area contributed by atoms with Crippen molar-refractivity contribution in [3.05, 3.63) is 69.8 Å². The van der Waals surface area contributed by atoms with Crippen LogP contribution in [0.5, 0.6) is 0 Å². The second kappa shape index (κ2) is 8.56. The van der Waals surface area contributed by atoms with Crippen molar-refractivity contribution in [2.45, 2.75) is 25.8 Å². The molecule has 1 amide bonds. The van der Waals surface area contributed by atoms with E-state index >= 15 is 0 Å². The average Bonchev–Trinajstić information content (AvgIpc) is 2.63. The number of halogens is 2. The van der Waals surface area contributed by atoms with Gasteiger partial charge in [0.1, 0.15) is 0 Å². The zero-order valence-electron chi connectivity index (χ0n) is 14.9. The van der Waals surface area contributed by atoms with Gasteiger partial charge in [0.2, 0.25) is 5.91 Å². The summed E-state index contributed by atoms with van der Waals surface area (Å²) in [5.41, 5.74) is 2.85. The van der Waals surface area contributed by atoms with Gasteiger partial charge in [-0.15, -0.1) is 0 Å². The summed E-state index contributed by atoms with van der Waals surface area (Å²) < 4.78 is 4.67. The highest BCUT2D eigenvalue weighted by molar-refractivity contribution is 6.36. The molecule has 0 saturated carbocycles. The van der Waals surface area contributed by atoms with Crippen LogP contribution in [0.2, 0.25) is 10.0 Å². The third-order valence-corrected chi connectivity index (χ3v) is 5.26. The Bertz CT molecular complexity index is 775. The van der Waals surface area contributed by atoms with Crippen molar-refractivity contribution in [3.8, 4) is 0 Å². The fourth-order valence-electron chi connectivity index (χ4n) is 3.14. The number of benzene rings is 1. The molecule has 1 aromatic rings. The van der Waals surface area contributed by atoms with E-state index in [1.54, 1.807) is 11.0 Å². The Morgan fingerprint density at radius 1 is 1.27 bits per heavy atom. The maximum atomic E-state index is 12.8. The van der Waals surface area contributed by atoms with E-state index in [0.717, 1.165) is 17.6 Å². The maximum Gasteiger partial charge on any atom is 0.337 e. The maximum absolute atomic E-state index is 12.8. The van der Waals surface area contributed by atoms with Crippen molar-refractivity contribution in [2.75, 3.05) is 13.7 Å². The van der Waals surface area contributed by atoms with Crippen molar-refractivity contribution in [3.63, 3.8) is 0 Å². The summed E-state index contributed by atoms with van der Waals surface area (Å²) in [7, 11) is 1.28. The first-order chi connectivity index (χ1) is 12.3. The van der Waals surface area contributed by atoms with E-state index in [9.17, 15) is 9.59 Å². The Morgan fingerprint density at radius 3 is 2.38 bits per heavy atom. The van der Waals surface area contributed by atoms with E-state index in [-0.39, 0.29) is 34.0 Å². The molecule has 1 aromatic carbocycles. The summed E-state index contributed by atoms with van der Waals surface area (Å²) >= 11 is 12.5. The molecular formula is C20H21Cl2NO3. The number of nitrogens with zero attached hydrogens (tertiary/aromatic N) is 1. The highest BCUT2D eigenvalue weighted by Crippen LogP contribution is 2.30. The lowest BCUT2D eigenvalue weighted by molar-refractivity contribution is -0.132. The molecule has 0 aromatic heterocycles. The van der Waals surface area contributed by atoms with Crippen molar-refractivity contribution in [1.82, 2.24) is 4.90 Å². The van der Waals surface area contributed by atoms with Crippen LogP contribution in [-0.4, -0.2) is 36.5 Å². The van der Waals surface area contributed by atoms with Gasteiger partial charge in [-0.25, -0.2) is 4.79 Å². The monoisotopic (exact) mass is 393 g/mol. The average molecular weight is 394 g/mol. The van der Waals surface area contributed by atoms with Crippen LogP contribution in [0.3, 0.4) is 0 Å². The minimum atomic E-state index is -0.533. The third-order valence-electron chi connectivity index (χ3n) is 4.59. The Morgan fingerprint density at radius 2 is 1.88 bits per heavy atom. The van der Waals surface area contributed by atoms with Gasteiger partial charge in [0, 0.05) is 16.6 Å². The second-order valence-corrected chi connectivity index (χ2v) is 6.80. The molecule has 0 fully saturated rings. The van der Waals surface area contributed by atoms with Gasteiger partial charge in [-0.2, -0.15) is 0 Å². The lowest BCUT2D eigenvalue weighted by Gasteiger charge is -2.35. The summed E-state index contributed by atoms with van der Waals surface area (Å²) in [6, 6.07) is 2.83. The standard InChI is InChI=1S/C20H21Cl2NO3/c1-5-13-7-8-23(12(3)15(13)6-2)19(24)11-16-17(21)9-14(10-18(16)22)20(25)26-4/h5-6,9-10,12H,1-2,7-8,11H2,3-4H3. The topological polar surface area (TPSA) is 46.6 Å². The molecule has 0 N–H and O–H groups in total. The van der Waals surface area contributed by atoms with Crippen LogP contribution >= 0.6 is 23.2 Å². The van der Waals surface area contributed by atoms with Gasteiger partial charge in [0.05, 0.1) is 25.1 Å². The number of amides is 1. The SMILES string of the molecule is C=CC1=C(C=C)C(C)N(C(=O)Cc2c(Cl)cc(C(=O)OC)cc2Cl)CC1. The predicted molar refractivity (Wildman–Crippen MR) is 105 cm³/mol. The number of rotatable bonds is 5. The molecule has 138 valence electrons. The highest BCUT2D eigenvalue weighted by Gasteiger charge is 2.28. The summed E-state index contributed by atoms with van der Waals surface area (Å²) in [5.74, 6) is -0.622. The largest absolute Gasteiger partial charge is 0.465 e. The van der Waals surface area contributed by atoms with Crippen LogP contribution in [0.1, 0.15) is 29.3 Å². The predicted octanol–water partition coefficient (Wildman–Crippen LogP) is 4.61. The van der Waals surface area contributed by atoms with Gasteiger partial charge in [0.25, 0.3) is 0 Å². The van der Waals surface area contributed by atoms with Crippen LogP contribution in [0.15, 0.2) is 48.6 Å². The molecule has 1 atom stereocenters. The summed E-state index contributed by atoms with van der Waals surface area (Å²) in [6.07, 6.45) is 4.36. The molecule has 0 spiro atoms. The zero-order valence-corrected chi connectivity index (χ0v) is 16.4. The van der Waals surface area contributed by atoms with Crippen LogP contribution < -0.4 is 0 Å². The van der Waals surface area contributed by atoms with Crippen LogP contribution in [0, 0.1) is 0 Å². The summed E-state index contributed by atoms with van der Waals surface area (Å²) in [4.78, 5) is 26.3. The van der Waals surface area contributed by atoms with E-state index in [4.69, 9.17) is 23.2 Å². The Balaban J connectivity index is 2.26. The van der Waals surface area contributed by atoms with Crippen LogP contribution in [-0.2, 0) is 16.0 Å². The van der Waals surface area contributed by atoms with E-state index in [1.165, 1.54) is 19.2 Å². The molecule has 1 aliphatic rings. The number of carbonyl (C=O) groups is 2. The quantitative estimate of drug-likeness (QED) is 0.685. The molecular weight excluding hydrogens is 373 g/mol.